The molecule has 0 atom stereocenters. The van der Waals surface area contributed by atoms with Gasteiger partial charge in [0.2, 0.25) is 0 Å². The van der Waals surface area contributed by atoms with Gasteiger partial charge in [0.15, 0.2) is 0 Å². The number of amides is 1. The number of hydrogen-bond donors (Lipinski definition) is 1. The Kier molecular flexibility index (Phi) is 3.53. The van der Waals surface area contributed by atoms with Gasteiger partial charge in [-0.25, -0.2) is 4.39 Å². The van der Waals surface area contributed by atoms with E-state index in [9.17, 15) is 9.18 Å². The number of carbonyl (C=O) groups is 1. The number of benzene rings is 1. The minimum atomic E-state index is -0.644. The molecule has 0 aliphatic carbocycles. The Hall–Kier alpha value is -2.74. The Labute approximate surface area is 109 Å². The zero-order valence-corrected chi connectivity index (χ0v) is 10.1. The van der Waals surface area contributed by atoms with Crippen LogP contribution in [0, 0.1) is 24.1 Å². The molecule has 4 nitrogen and oxygen atoms in total. The number of nitrogens with zero attached hydrogens (tertiary/aromatic N) is 2. The van der Waals surface area contributed by atoms with Gasteiger partial charge in [-0.15, -0.1) is 0 Å². The average Bonchev–Trinajstić information content (AvgIpc) is 2.41. The number of anilines is 1. The van der Waals surface area contributed by atoms with E-state index < -0.39 is 11.7 Å². The third-order valence-corrected chi connectivity index (χ3v) is 2.60. The lowest BCUT2D eigenvalue weighted by Crippen LogP contribution is -2.14. The highest BCUT2D eigenvalue weighted by Crippen LogP contribution is 2.17. The largest absolute Gasteiger partial charge is 0.319 e. The number of nitrogens with one attached hydrogen (secondary N) is 1. The van der Waals surface area contributed by atoms with Gasteiger partial charge in [0, 0.05) is 11.9 Å². The summed E-state index contributed by atoms with van der Waals surface area (Å²) >= 11 is 0. The molecule has 94 valence electrons. The normalized spacial score (nSPS) is 9.74. The van der Waals surface area contributed by atoms with Crippen molar-refractivity contribution in [3.8, 4) is 6.07 Å². The molecule has 0 fully saturated rings. The average molecular weight is 255 g/mol. The van der Waals surface area contributed by atoms with E-state index in [0.717, 1.165) is 6.07 Å². The highest BCUT2D eigenvalue weighted by Gasteiger charge is 2.12. The number of pyridine rings is 1. The van der Waals surface area contributed by atoms with Crippen LogP contribution in [0.3, 0.4) is 0 Å². The monoisotopic (exact) mass is 255 g/mol. The van der Waals surface area contributed by atoms with Crippen molar-refractivity contribution in [3.05, 3.63) is 59.2 Å². The minimum absolute atomic E-state index is 0.0345. The van der Waals surface area contributed by atoms with Crippen LogP contribution in [0.15, 0.2) is 36.5 Å². The number of carbonyl (C=O) groups excluding carboxylic acids is 1. The fourth-order valence-corrected chi connectivity index (χ4v) is 1.60. The van der Waals surface area contributed by atoms with Gasteiger partial charge in [-0.1, -0.05) is 0 Å². The van der Waals surface area contributed by atoms with Crippen LogP contribution in [-0.2, 0) is 0 Å². The second kappa shape index (κ2) is 5.27. The minimum Gasteiger partial charge on any atom is -0.319 e. The van der Waals surface area contributed by atoms with Crippen LogP contribution in [0.1, 0.15) is 21.6 Å². The summed E-state index contributed by atoms with van der Waals surface area (Å²) in [6.07, 6.45) is 1.58. The van der Waals surface area contributed by atoms with Gasteiger partial charge in [0.1, 0.15) is 5.82 Å². The Balaban J connectivity index is 2.25. The van der Waals surface area contributed by atoms with Crippen molar-refractivity contribution < 1.29 is 9.18 Å². The number of aryl methyl sites for hydroxylation is 1. The number of rotatable bonds is 2. The lowest BCUT2D eigenvalue weighted by atomic mass is 10.1. The standard InChI is InChI=1S/C14H10FN3O/c1-9-11(3-2-6-17-9)14(19)18-13-5-4-10(8-16)7-12(13)15/h2-7H,1H3,(H,18,19). The first-order chi connectivity index (χ1) is 9.11. The van der Waals surface area contributed by atoms with Gasteiger partial charge in [-0.05, 0) is 37.3 Å². The van der Waals surface area contributed by atoms with Crippen molar-refractivity contribution in [2.75, 3.05) is 5.32 Å². The summed E-state index contributed by atoms with van der Waals surface area (Å²) in [6, 6.07) is 8.95. The lowest BCUT2D eigenvalue weighted by Gasteiger charge is -2.07. The van der Waals surface area contributed by atoms with E-state index in [1.54, 1.807) is 25.3 Å². The lowest BCUT2D eigenvalue weighted by molar-refractivity contribution is 0.102. The molecule has 1 N–H and O–H groups in total. The molecular weight excluding hydrogens is 245 g/mol. The van der Waals surface area contributed by atoms with Gasteiger partial charge >= 0.3 is 0 Å². The third-order valence-electron chi connectivity index (χ3n) is 2.60. The van der Waals surface area contributed by atoms with E-state index >= 15 is 0 Å². The topological polar surface area (TPSA) is 65.8 Å². The first-order valence-electron chi connectivity index (χ1n) is 5.54. The zero-order chi connectivity index (χ0) is 13.8. The second-order valence-corrected chi connectivity index (χ2v) is 3.90. The smallest absolute Gasteiger partial charge is 0.257 e. The van der Waals surface area contributed by atoms with Gasteiger partial charge in [-0.3, -0.25) is 9.78 Å². The van der Waals surface area contributed by atoms with Crippen molar-refractivity contribution in [3.63, 3.8) is 0 Å². The van der Waals surface area contributed by atoms with E-state index in [1.165, 1.54) is 12.1 Å². The first-order valence-corrected chi connectivity index (χ1v) is 5.54. The molecule has 0 spiro atoms. The number of halogens is 1. The molecule has 0 unspecified atom stereocenters. The first kappa shape index (κ1) is 12.7. The molecule has 2 rings (SSSR count). The van der Waals surface area contributed by atoms with E-state index in [4.69, 9.17) is 5.26 Å². The van der Waals surface area contributed by atoms with Gasteiger partial charge in [-0.2, -0.15) is 5.26 Å². The Morgan fingerprint density at radius 1 is 1.42 bits per heavy atom. The molecule has 1 amide bonds. The highest BCUT2D eigenvalue weighted by atomic mass is 19.1. The molecule has 1 aromatic heterocycles. The fourth-order valence-electron chi connectivity index (χ4n) is 1.60. The highest BCUT2D eigenvalue weighted by molar-refractivity contribution is 6.05. The summed E-state index contributed by atoms with van der Waals surface area (Å²) in [5.74, 6) is -1.08. The Bertz CT molecular complexity index is 677. The molecule has 0 bridgehead atoms. The molecule has 2 aromatic rings. The van der Waals surface area contributed by atoms with Crippen LogP contribution in [0.4, 0.5) is 10.1 Å². The molecule has 1 aromatic carbocycles. The zero-order valence-electron chi connectivity index (χ0n) is 10.1. The van der Waals surface area contributed by atoms with Crippen molar-refractivity contribution in [1.29, 1.82) is 5.26 Å². The molecule has 0 aliphatic heterocycles. The van der Waals surface area contributed by atoms with Gasteiger partial charge in [0.25, 0.3) is 5.91 Å². The summed E-state index contributed by atoms with van der Waals surface area (Å²) < 4.78 is 13.6. The van der Waals surface area contributed by atoms with Crippen LogP contribution in [0.25, 0.3) is 0 Å². The van der Waals surface area contributed by atoms with Crippen molar-refractivity contribution in [1.82, 2.24) is 4.98 Å². The van der Waals surface area contributed by atoms with Crippen molar-refractivity contribution in [2.24, 2.45) is 0 Å². The predicted molar refractivity (Wildman–Crippen MR) is 68.0 cm³/mol. The maximum absolute atomic E-state index is 13.6. The van der Waals surface area contributed by atoms with Crippen LogP contribution in [0.5, 0.6) is 0 Å². The Morgan fingerprint density at radius 2 is 2.21 bits per heavy atom. The van der Waals surface area contributed by atoms with E-state index in [0.29, 0.717) is 11.3 Å². The van der Waals surface area contributed by atoms with E-state index in [-0.39, 0.29) is 11.3 Å². The van der Waals surface area contributed by atoms with Crippen LogP contribution >= 0.6 is 0 Å². The van der Waals surface area contributed by atoms with Crippen molar-refractivity contribution in [2.45, 2.75) is 6.92 Å². The van der Waals surface area contributed by atoms with Gasteiger partial charge < -0.3 is 5.32 Å². The summed E-state index contributed by atoms with van der Waals surface area (Å²) in [4.78, 5) is 16.0. The van der Waals surface area contributed by atoms with E-state index in [2.05, 4.69) is 10.3 Å². The quantitative estimate of drug-likeness (QED) is 0.897. The molecule has 0 aliphatic rings. The van der Waals surface area contributed by atoms with Crippen LogP contribution in [-0.4, -0.2) is 10.9 Å². The molecule has 1 heterocycles. The van der Waals surface area contributed by atoms with Crippen LogP contribution in [0.2, 0.25) is 0 Å². The Morgan fingerprint density at radius 3 is 2.84 bits per heavy atom. The molecule has 5 heteroatoms. The molecule has 19 heavy (non-hydrogen) atoms. The summed E-state index contributed by atoms with van der Waals surface area (Å²) in [7, 11) is 0. The summed E-state index contributed by atoms with van der Waals surface area (Å²) in [5.41, 5.74) is 1.18. The van der Waals surface area contributed by atoms with Gasteiger partial charge in [0.05, 0.1) is 22.9 Å². The molecule has 0 saturated carbocycles. The fraction of sp³-hybridized carbons (Fsp3) is 0.0714. The summed E-state index contributed by atoms with van der Waals surface area (Å²) in [5, 5.41) is 11.1. The summed E-state index contributed by atoms with van der Waals surface area (Å²) in [6.45, 7) is 1.70. The van der Waals surface area contributed by atoms with Crippen molar-refractivity contribution >= 4 is 11.6 Å². The maximum Gasteiger partial charge on any atom is 0.257 e. The molecular formula is C14H10FN3O. The second-order valence-electron chi connectivity index (χ2n) is 3.90. The van der Waals surface area contributed by atoms with E-state index in [1.807, 2.05) is 6.07 Å². The molecule has 0 saturated heterocycles. The van der Waals surface area contributed by atoms with Crippen LogP contribution < -0.4 is 5.32 Å². The number of aromatic nitrogens is 1. The predicted octanol–water partition coefficient (Wildman–Crippen LogP) is 2.65. The third kappa shape index (κ3) is 2.75. The SMILES string of the molecule is Cc1ncccc1C(=O)Nc1ccc(C#N)cc1F. The maximum atomic E-state index is 13.6. The number of nitriles is 1. The number of hydrogen-bond acceptors (Lipinski definition) is 3. The molecule has 0 radical (unpaired) electrons.